The molecule has 2 nitrogen and oxygen atoms in total. The number of hydrogen-bond acceptors (Lipinski definition) is 2. The number of Topliss-reactive ketones (excluding diaryl/α,β-unsaturated/α-hetero) is 1. The van der Waals surface area contributed by atoms with Gasteiger partial charge < -0.3 is 4.79 Å². The van der Waals surface area contributed by atoms with Gasteiger partial charge in [-0.25, -0.2) is 0 Å². The molecule has 0 aromatic rings. The molecule has 0 heterocycles. The van der Waals surface area contributed by atoms with Gasteiger partial charge in [0, 0.05) is 5.92 Å². The molecule has 0 aromatic carbocycles. The van der Waals surface area contributed by atoms with E-state index in [0.29, 0.717) is 0 Å². The third-order valence-electron chi connectivity index (χ3n) is 2.60. The number of ketones is 1. The van der Waals surface area contributed by atoms with Gasteiger partial charge in [0.15, 0.2) is 0 Å². The Balaban J connectivity index is 2.80. The first kappa shape index (κ1) is 8.44. The van der Waals surface area contributed by atoms with Gasteiger partial charge in [0.05, 0.1) is 5.41 Å². The molecular weight excluding hydrogens is 140 g/mol. The number of hydrogen-bond donors (Lipinski definition) is 0. The fourth-order valence-electron chi connectivity index (χ4n) is 1.71. The molecule has 62 valence electrons. The summed E-state index contributed by atoms with van der Waals surface area (Å²) in [5.41, 5.74) is -0.669. The summed E-state index contributed by atoms with van der Waals surface area (Å²) in [5, 5.41) is 0. The molecule has 1 fully saturated rings. The Morgan fingerprint density at radius 1 is 1.64 bits per heavy atom. The molecule has 2 heteroatoms. The van der Waals surface area contributed by atoms with E-state index in [1.807, 2.05) is 6.92 Å². The van der Waals surface area contributed by atoms with Crippen molar-refractivity contribution in [3.63, 3.8) is 0 Å². The normalized spacial score (nSPS) is 38.7. The lowest BCUT2D eigenvalue weighted by Gasteiger charge is -2.30. The smallest absolute Gasteiger partial charge is 0.148 e. The van der Waals surface area contributed by atoms with Gasteiger partial charge >= 0.3 is 0 Å². The molecule has 0 radical (unpaired) electrons. The second-order valence-corrected chi connectivity index (χ2v) is 3.69. The third-order valence-corrected chi connectivity index (χ3v) is 2.60. The fraction of sp³-hybridized carbons (Fsp3) is 0.778. The van der Waals surface area contributed by atoms with Crippen molar-refractivity contribution in [3.8, 4) is 0 Å². The van der Waals surface area contributed by atoms with Crippen LogP contribution in [-0.2, 0) is 9.59 Å². The van der Waals surface area contributed by atoms with Crippen molar-refractivity contribution in [1.82, 2.24) is 0 Å². The first-order chi connectivity index (χ1) is 5.10. The van der Waals surface area contributed by atoms with Crippen LogP contribution in [0.15, 0.2) is 0 Å². The van der Waals surface area contributed by atoms with Gasteiger partial charge in [-0.05, 0) is 19.8 Å². The molecule has 11 heavy (non-hydrogen) atoms. The lowest BCUT2D eigenvalue weighted by molar-refractivity contribution is -0.139. The molecule has 0 bridgehead atoms. The first-order valence-corrected chi connectivity index (χ1v) is 4.11. The minimum atomic E-state index is -0.669. The molecule has 1 aliphatic carbocycles. The van der Waals surface area contributed by atoms with Gasteiger partial charge in [-0.15, -0.1) is 0 Å². The molecule has 0 N–H and O–H groups in total. The van der Waals surface area contributed by atoms with Gasteiger partial charge in [0.2, 0.25) is 0 Å². The highest BCUT2D eigenvalue weighted by Crippen LogP contribution is 2.33. The van der Waals surface area contributed by atoms with Gasteiger partial charge in [-0.3, -0.25) is 4.79 Å². The molecule has 0 saturated heterocycles. The van der Waals surface area contributed by atoms with Crippen molar-refractivity contribution in [3.05, 3.63) is 0 Å². The van der Waals surface area contributed by atoms with Crippen LogP contribution in [0.4, 0.5) is 0 Å². The van der Waals surface area contributed by atoms with Gasteiger partial charge in [0.1, 0.15) is 12.1 Å². The van der Waals surface area contributed by atoms with Crippen molar-refractivity contribution in [2.75, 3.05) is 0 Å². The van der Waals surface area contributed by atoms with Crippen molar-refractivity contribution in [2.45, 2.75) is 33.1 Å². The van der Waals surface area contributed by atoms with Crippen LogP contribution in [0, 0.1) is 11.3 Å². The monoisotopic (exact) mass is 154 g/mol. The Hall–Kier alpha value is -0.660. The molecule has 0 aliphatic heterocycles. The van der Waals surface area contributed by atoms with E-state index < -0.39 is 5.41 Å². The second-order valence-electron chi connectivity index (χ2n) is 3.69. The van der Waals surface area contributed by atoms with Gasteiger partial charge in [0.25, 0.3) is 0 Å². The van der Waals surface area contributed by atoms with E-state index in [4.69, 9.17) is 0 Å². The predicted octanol–water partition coefficient (Wildman–Crippen LogP) is 1.58. The SMILES string of the molecule is C[C@@H]1CCC[C@](C)(C=O)C1=O. The summed E-state index contributed by atoms with van der Waals surface area (Å²) in [5.74, 6) is 0.206. The Kier molecular flexibility index (Phi) is 2.12. The van der Waals surface area contributed by atoms with Crippen LogP contribution in [0.1, 0.15) is 33.1 Å². The summed E-state index contributed by atoms with van der Waals surface area (Å²) < 4.78 is 0. The van der Waals surface area contributed by atoms with Gasteiger partial charge in [-0.2, -0.15) is 0 Å². The molecular formula is C9H14O2. The van der Waals surface area contributed by atoms with Crippen LogP contribution < -0.4 is 0 Å². The zero-order chi connectivity index (χ0) is 8.48. The summed E-state index contributed by atoms with van der Waals surface area (Å²) >= 11 is 0. The third kappa shape index (κ3) is 1.35. The zero-order valence-electron chi connectivity index (χ0n) is 7.09. The quantitative estimate of drug-likeness (QED) is 0.424. The standard InChI is InChI=1S/C9H14O2/c1-7-4-3-5-9(2,6-10)8(7)11/h6-7H,3-5H2,1-2H3/t7-,9-/m1/s1. The predicted molar refractivity (Wildman–Crippen MR) is 42.2 cm³/mol. The first-order valence-electron chi connectivity index (χ1n) is 4.11. The average molecular weight is 154 g/mol. The van der Waals surface area contributed by atoms with E-state index >= 15 is 0 Å². The van der Waals surface area contributed by atoms with E-state index in [-0.39, 0.29) is 11.7 Å². The zero-order valence-corrected chi connectivity index (χ0v) is 7.09. The number of carbonyl (C=O) groups is 2. The van der Waals surface area contributed by atoms with E-state index in [2.05, 4.69) is 0 Å². The molecule has 1 rings (SSSR count). The molecule has 2 atom stereocenters. The van der Waals surface area contributed by atoms with Gasteiger partial charge in [-0.1, -0.05) is 13.3 Å². The maximum Gasteiger partial charge on any atom is 0.148 e. The van der Waals surface area contributed by atoms with Crippen LogP contribution in [0.3, 0.4) is 0 Å². The van der Waals surface area contributed by atoms with E-state index in [1.165, 1.54) is 0 Å². The van der Waals surface area contributed by atoms with Crippen molar-refractivity contribution in [2.24, 2.45) is 11.3 Å². The lowest BCUT2D eigenvalue weighted by atomic mass is 9.71. The van der Waals surface area contributed by atoms with E-state index in [9.17, 15) is 9.59 Å². The molecule has 1 saturated carbocycles. The summed E-state index contributed by atoms with van der Waals surface area (Å²) in [6.07, 6.45) is 3.50. The summed E-state index contributed by atoms with van der Waals surface area (Å²) in [6, 6.07) is 0. The summed E-state index contributed by atoms with van der Waals surface area (Å²) in [4.78, 5) is 22.1. The van der Waals surface area contributed by atoms with Crippen molar-refractivity contribution < 1.29 is 9.59 Å². The lowest BCUT2D eigenvalue weighted by Crippen LogP contribution is -2.37. The Bertz CT molecular complexity index is 186. The van der Waals surface area contributed by atoms with Crippen LogP contribution in [0.25, 0.3) is 0 Å². The largest absolute Gasteiger partial charge is 0.302 e. The second kappa shape index (κ2) is 2.76. The highest BCUT2D eigenvalue weighted by molar-refractivity contribution is 5.99. The molecule has 1 aliphatic rings. The highest BCUT2D eigenvalue weighted by Gasteiger charge is 2.38. The highest BCUT2D eigenvalue weighted by atomic mass is 16.1. The fourth-order valence-corrected chi connectivity index (χ4v) is 1.71. The molecule has 0 unspecified atom stereocenters. The molecule has 0 spiro atoms. The Morgan fingerprint density at radius 3 is 2.73 bits per heavy atom. The Labute approximate surface area is 67.0 Å². The van der Waals surface area contributed by atoms with Crippen LogP contribution >= 0.6 is 0 Å². The van der Waals surface area contributed by atoms with Crippen LogP contribution in [0.2, 0.25) is 0 Å². The van der Waals surface area contributed by atoms with Crippen LogP contribution in [0.5, 0.6) is 0 Å². The summed E-state index contributed by atoms with van der Waals surface area (Å²) in [7, 11) is 0. The average Bonchev–Trinajstić information content (AvgIpc) is 2.00. The topological polar surface area (TPSA) is 34.1 Å². The minimum absolute atomic E-state index is 0.0824. The minimum Gasteiger partial charge on any atom is -0.302 e. The van der Waals surface area contributed by atoms with Crippen molar-refractivity contribution in [1.29, 1.82) is 0 Å². The summed E-state index contributed by atoms with van der Waals surface area (Å²) in [6.45, 7) is 3.65. The van der Waals surface area contributed by atoms with E-state index in [1.54, 1.807) is 6.92 Å². The maximum atomic E-state index is 11.4. The van der Waals surface area contributed by atoms with Crippen molar-refractivity contribution >= 4 is 12.1 Å². The number of carbonyl (C=O) groups excluding carboxylic acids is 2. The maximum absolute atomic E-state index is 11.4. The molecule has 0 amide bonds. The van der Waals surface area contributed by atoms with E-state index in [0.717, 1.165) is 25.5 Å². The molecule has 0 aromatic heterocycles. The van der Waals surface area contributed by atoms with Crippen LogP contribution in [-0.4, -0.2) is 12.1 Å². The Morgan fingerprint density at radius 2 is 2.27 bits per heavy atom. The number of aldehydes is 1. The number of rotatable bonds is 1.